The summed E-state index contributed by atoms with van der Waals surface area (Å²) in [7, 11) is 0. The van der Waals surface area contributed by atoms with Crippen LogP contribution in [0.2, 0.25) is 0 Å². The smallest absolute Gasteiger partial charge is 0.300 e. The molecule has 0 saturated carbocycles. The van der Waals surface area contributed by atoms with Gasteiger partial charge in [0.1, 0.15) is 0 Å². The topological polar surface area (TPSA) is 78.4 Å². The van der Waals surface area contributed by atoms with Crippen molar-refractivity contribution >= 4 is 17.6 Å². The zero-order valence-electron chi connectivity index (χ0n) is 8.99. The fraction of sp³-hybridized carbons (Fsp3) is 0.273. The van der Waals surface area contributed by atoms with Crippen molar-refractivity contribution in [3.8, 4) is 0 Å². The minimum Gasteiger partial charge on any atom is -0.481 e. The van der Waals surface area contributed by atoms with Crippen LogP contribution in [0, 0.1) is 0 Å². The summed E-state index contributed by atoms with van der Waals surface area (Å²) >= 11 is 0. The molecule has 1 aliphatic rings. The maximum atomic E-state index is 11.0. The number of carbonyl (C=O) groups is 2. The SMILES string of the molecule is CC(=O)O.O=C1CNc2ccccc2CN1. The molecule has 16 heavy (non-hydrogen) atoms. The van der Waals surface area contributed by atoms with E-state index in [4.69, 9.17) is 9.90 Å². The Balaban J connectivity index is 0.000000280. The van der Waals surface area contributed by atoms with Crippen molar-refractivity contribution in [3.05, 3.63) is 29.8 Å². The maximum absolute atomic E-state index is 11.0. The number of para-hydroxylation sites is 1. The molecule has 0 aliphatic carbocycles. The van der Waals surface area contributed by atoms with Crippen molar-refractivity contribution in [2.24, 2.45) is 0 Å². The third kappa shape index (κ3) is 4.00. The minimum atomic E-state index is -0.833. The quantitative estimate of drug-likeness (QED) is 0.607. The lowest BCUT2D eigenvalue weighted by atomic mass is 10.2. The van der Waals surface area contributed by atoms with Gasteiger partial charge in [-0.25, -0.2) is 0 Å². The van der Waals surface area contributed by atoms with Crippen LogP contribution in [0.25, 0.3) is 0 Å². The van der Waals surface area contributed by atoms with Crippen LogP contribution in [0.5, 0.6) is 0 Å². The average Bonchev–Trinajstić information content (AvgIpc) is 2.41. The lowest BCUT2D eigenvalue weighted by Gasteiger charge is -2.03. The van der Waals surface area contributed by atoms with Crippen LogP contribution in [-0.4, -0.2) is 23.5 Å². The van der Waals surface area contributed by atoms with E-state index in [1.807, 2.05) is 24.3 Å². The molecule has 1 aliphatic heterocycles. The highest BCUT2D eigenvalue weighted by atomic mass is 16.4. The van der Waals surface area contributed by atoms with E-state index in [1.54, 1.807) is 0 Å². The van der Waals surface area contributed by atoms with Crippen molar-refractivity contribution in [2.75, 3.05) is 11.9 Å². The van der Waals surface area contributed by atoms with E-state index < -0.39 is 5.97 Å². The van der Waals surface area contributed by atoms with Gasteiger partial charge in [-0.3, -0.25) is 9.59 Å². The summed E-state index contributed by atoms with van der Waals surface area (Å²) in [4.78, 5) is 20.0. The van der Waals surface area contributed by atoms with Gasteiger partial charge in [0.05, 0.1) is 6.54 Å². The number of nitrogens with one attached hydrogen (secondary N) is 2. The molecule has 2 rings (SSSR count). The van der Waals surface area contributed by atoms with Crippen LogP contribution >= 0.6 is 0 Å². The largest absolute Gasteiger partial charge is 0.481 e. The Bertz CT molecular complexity index is 358. The van der Waals surface area contributed by atoms with Crippen LogP contribution in [0.15, 0.2) is 24.3 Å². The first-order valence-corrected chi connectivity index (χ1v) is 4.87. The summed E-state index contributed by atoms with van der Waals surface area (Å²) in [5, 5.41) is 13.3. The predicted octanol–water partition coefficient (Wildman–Crippen LogP) is 0.819. The van der Waals surface area contributed by atoms with Crippen LogP contribution in [-0.2, 0) is 16.1 Å². The highest BCUT2D eigenvalue weighted by molar-refractivity contribution is 5.82. The lowest BCUT2D eigenvalue weighted by Crippen LogP contribution is -2.25. The molecule has 0 saturated heterocycles. The summed E-state index contributed by atoms with van der Waals surface area (Å²) in [6, 6.07) is 7.92. The number of fused-ring (bicyclic) bond motifs is 1. The predicted molar refractivity (Wildman–Crippen MR) is 60.1 cm³/mol. The van der Waals surface area contributed by atoms with Gasteiger partial charge in [-0.2, -0.15) is 0 Å². The van der Waals surface area contributed by atoms with Crippen LogP contribution in [0.3, 0.4) is 0 Å². The van der Waals surface area contributed by atoms with Crippen LogP contribution in [0.1, 0.15) is 12.5 Å². The number of carboxylic acid groups (broad SMARTS) is 1. The first kappa shape index (κ1) is 12.0. The van der Waals surface area contributed by atoms with Gasteiger partial charge < -0.3 is 15.7 Å². The van der Waals surface area contributed by atoms with Crippen LogP contribution < -0.4 is 10.6 Å². The second kappa shape index (κ2) is 5.75. The Labute approximate surface area is 93.5 Å². The van der Waals surface area contributed by atoms with Gasteiger partial charge in [0.15, 0.2) is 0 Å². The fourth-order valence-electron chi connectivity index (χ4n) is 1.28. The molecule has 0 unspecified atom stereocenters. The number of anilines is 1. The van der Waals surface area contributed by atoms with Crippen molar-refractivity contribution in [1.29, 1.82) is 0 Å². The number of aliphatic carboxylic acids is 1. The normalized spacial score (nSPS) is 13.2. The molecule has 0 fully saturated rings. The highest BCUT2D eigenvalue weighted by Crippen LogP contribution is 2.15. The summed E-state index contributed by atoms with van der Waals surface area (Å²) in [5.41, 5.74) is 2.19. The maximum Gasteiger partial charge on any atom is 0.300 e. The molecule has 1 aromatic rings. The molecule has 1 amide bonds. The number of benzene rings is 1. The van der Waals surface area contributed by atoms with Crippen molar-refractivity contribution in [2.45, 2.75) is 13.5 Å². The van der Waals surface area contributed by atoms with E-state index in [0.717, 1.165) is 18.2 Å². The lowest BCUT2D eigenvalue weighted by molar-refractivity contribution is -0.134. The molecule has 1 aromatic carbocycles. The van der Waals surface area contributed by atoms with Gasteiger partial charge in [0.2, 0.25) is 5.91 Å². The molecule has 0 spiro atoms. The number of hydrogen-bond donors (Lipinski definition) is 3. The fourth-order valence-corrected chi connectivity index (χ4v) is 1.28. The summed E-state index contributed by atoms with van der Waals surface area (Å²) in [5.74, 6) is -0.786. The number of carbonyl (C=O) groups excluding carboxylic acids is 1. The molecule has 86 valence electrons. The Morgan fingerprint density at radius 2 is 1.88 bits per heavy atom. The van der Waals surface area contributed by atoms with E-state index in [0.29, 0.717) is 13.1 Å². The van der Waals surface area contributed by atoms with Gasteiger partial charge >= 0.3 is 0 Å². The standard InChI is InChI=1S/C9H10N2O.C2H4O2/c12-9-6-10-8-4-2-1-3-7(8)5-11-9;1-2(3)4/h1-4,10H,5-6H2,(H,11,12);1H3,(H,3,4). The second-order valence-electron chi connectivity index (χ2n) is 3.31. The Morgan fingerprint density at radius 3 is 2.56 bits per heavy atom. The van der Waals surface area contributed by atoms with Crippen LogP contribution in [0.4, 0.5) is 5.69 Å². The van der Waals surface area contributed by atoms with E-state index in [-0.39, 0.29) is 5.91 Å². The van der Waals surface area contributed by atoms with Crippen molar-refractivity contribution in [3.63, 3.8) is 0 Å². The van der Waals surface area contributed by atoms with Gasteiger partial charge in [-0.05, 0) is 11.6 Å². The molecule has 0 atom stereocenters. The zero-order valence-corrected chi connectivity index (χ0v) is 8.99. The van der Waals surface area contributed by atoms with Gasteiger partial charge in [-0.1, -0.05) is 18.2 Å². The number of hydrogen-bond acceptors (Lipinski definition) is 3. The highest BCUT2D eigenvalue weighted by Gasteiger charge is 2.09. The van der Waals surface area contributed by atoms with Gasteiger partial charge in [0, 0.05) is 19.2 Å². The van der Waals surface area contributed by atoms with Crippen molar-refractivity contribution in [1.82, 2.24) is 5.32 Å². The number of carboxylic acids is 1. The average molecular weight is 222 g/mol. The molecular formula is C11H14N2O3. The van der Waals surface area contributed by atoms with Gasteiger partial charge in [-0.15, -0.1) is 0 Å². The molecule has 5 heteroatoms. The molecule has 3 N–H and O–H groups in total. The van der Waals surface area contributed by atoms with Crippen molar-refractivity contribution < 1.29 is 14.7 Å². The zero-order chi connectivity index (χ0) is 12.0. The molecule has 0 bridgehead atoms. The molecular weight excluding hydrogens is 208 g/mol. The third-order valence-corrected chi connectivity index (χ3v) is 1.93. The molecule has 0 radical (unpaired) electrons. The Kier molecular flexibility index (Phi) is 4.32. The minimum absolute atomic E-state index is 0.0474. The second-order valence-corrected chi connectivity index (χ2v) is 3.31. The first-order chi connectivity index (χ1) is 7.59. The summed E-state index contributed by atoms with van der Waals surface area (Å²) in [6.07, 6.45) is 0. The summed E-state index contributed by atoms with van der Waals surface area (Å²) in [6.45, 7) is 2.08. The van der Waals surface area contributed by atoms with E-state index in [1.165, 1.54) is 0 Å². The molecule has 1 heterocycles. The van der Waals surface area contributed by atoms with E-state index in [2.05, 4.69) is 10.6 Å². The number of rotatable bonds is 0. The Hall–Kier alpha value is -2.04. The monoisotopic (exact) mass is 222 g/mol. The third-order valence-electron chi connectivity index (χ3n) is 1.93. The van der Waals surface area contributed by atoms with E-state index >= 15 is 0 Å². The number of amides is 1. The molecule has 0 aromatic heterocycles. The Morgan fingerprint density at radius 1 is 1.25 bits per heavy atom. The summed E-state index contributed by atoms with van der Waals surface area (Å²) < 4.78 is 0. The van der Waals surface area contributed by atoms with Gasteiger partial charge in [0.25, 0.3) is 5.97 Å². The molecule has 5 nitrogen and oxygen atoms in total. The van der Waals surface area contributed by atoms with E-state index in [9.17, 15) is 4.79 Å². The first-order valence-electron chi connectivity index (χ1n) is 4.87.